The van der Waals surface area contributed by atoms with Crippen LogP contribution in [0, 0.1) is 6.92 Å². The largest absolute Gasteiger partial charge is 0.352 e. The summed E-state index contributed by atoms with van der Waals surface area (Å²) >= 11 is 6.91. The molecule has 1 unspecified atom stereocenters. The van der Waals surface area contributed by atoms with Crippen molar-refractivity contribution in [3.05, 3.63) is 92.9 Å². The lowest BCUT2D eigenvalue weighted by atomic mass is 9.95. The van der Waals surface area contributed by atoms with Gasteiger partial charge < -0.3 is 10.2 Å². The summed E-state index contributed by atoms with van der Waals surface area (Å²) in [5.41, 5.74) is 2.09. The SMILES string of the molecule is Cc1ccc(S(=O)(=O)N(CC(=O)N(Cc2cccc(Br)c2)C(C)C(=O)NC2CCCCC2)c2cccc(Br)c2)cc1. The number of aryl methyl sites for hydroxylation is 1. The van der Waals surface area contributed by atoms with E-state index in [0.717, 1.165) is 52.0 Å². The molecule has 4 rings (SSSR count). The number of benzene rings is 3. The molecule has 1 aliphatic rings. The third kappa shape index (κ3) is 8.20. The van der Waals surface area contributed by atoms with E-state index in [4.69, 9.17) is 0 Å². The first kappa shape index (κ1) is 31.3. The quantitative estimate of drug-likeness (QED) is 0.258. The Morgan fingerprint density at radius 2 is 1.56 bits per heavy atom. The van der Waals surface area contributed by atoms with Crippen LogP contribution in [0.15, 0.2) is 86.6 Å². The molecule has 0 saturated heterocycles. The van der Waals surface area contributed by atoms with E-state index in [1.807, 2.05) is 31.2 Å². The molecule has 1 fully saturated rings. The maximum atomic E-state index is 14.1. The van der Waals surface area contributed by atoms with Gasteiger partial charge in [-0.3, -0.25) is 13.9 Å². The number of halogens is 2. The molecule has 3 aromatic carbocycles. The monoisotopic (exact) mass is 703 g/mol. The molecule has 41 heavy (non-hydrogen) atoms. The minimum absolute atomic E-state index is 0.0810. The topological polar surface area (TPSA) is 86.8 Å². The lowest BCUT2D eigenvalue weighted by Gasteiger charge is -2.33. The molecular weight excluding hydrogens is 670 g/mol. The molecule has 0 spiro atoms. The number of hydrogen-bond donors (Lipinski definition) is 1. The van der Waals surface area contributed by atoms with Crippen LogP contribution in [0.5, 0.6) is 0 Å². The molecule has 1 aliphatic carbocycles. The Kier molecular flexibility index (Phi) is 10.7. The van der Waals surface area contributed by atoms with Crippen LogP contribution in [0.2, 0.25) is 0 Å². The number of hydrogen-bond acceptors (Lipinski definition) is 4. The number of nitrogens with zero attached hydrogens (tertiary/aromatic N) is 2. The van der Waals surface area contributed by atoms with Gasteiger partial charge in [-0.05, 0) is 74.7 Å². The average Bonchev–Trinajstić information content (AvgIpc) is 2.95. The predicted octanol–water partition coefficient (Wildman–Crippen LogP) is 6.58. The number of anilines is 1. The van der Waals surface area contributed by atoms with Crippen LogP contribution >= 0.6 is 31.9 Å². The number of nitrogens with one attached hydrogen (secondary N) is 1. The summed E-state index contributed by atoms with van der Waals surface area (Å²) in [5.74, 6) is -0.720. The average molecular weight is 706 g/mol. The fourth-order valence-corrected chi connectivity index (χ4v) is 7.22. The van der Waals surface area contributed by atoms with E-state index in [1.165, 1.54) is 4.90 Å². The van der Waals surface area contributed by atoms with E-state index in [1.54, 1.807) is 55.5 Å². The summed E-state index contributed by atoms with van der Waals surface area (Å²) in [6, 6.07) is 20.2. The second-order valence-corrected chi connectivity index (χ2v) is 14.2. The van der Waals surface area contributed by atoms with Gasteiger partial charge in [0.1, 0.15) is 12.6 Å². The van der Waals surface area contributed by atoms with Gasteiger partial charge in [0.2, 0.25) is 11.8 Å². The second-order valence-electron chi connectivity index (χ2n) is 10.5. The molecule has 10 heteroatoms. The molecule has 1 N–H and O–H groups in total. The van der Waals surface area contributed by atoms with Gasteiger partial charge in [-0.2, -0.15) is 0 Å². The lowest BCUT2D eigenvalue weighted by molar-refractivity contribution is -0.139. The lowest BCUT2D eigenvalue weighted by Crippen LogP contribution is -2.53. The van der Waals surface area contributed by atoms with E-state index in [-0.39, 0.29) is 23.4 Å². The minimum atomic E-state index is -4.11. The highest BCUT2D eigenvalue weighted by Crippen LogP contribution is 2.27. The van der Waals surface area contributed by atoms with Crippen molar-refractivity contribution >= 4 is 59.4 Å². The van der Waals surface area contributed by atoms with Gasteiger partial charge in [-0.15, -0.1) is 0 Å². The fraction of sp³-hybridized carbons (Fsp3) is 0.355. The highest BCUT2D eigenvalue weighted by atomic mass is 79.9. The summed E-state index contributed by atoms with van der Waals surface area (Å²) < 4.78 is 30.5. The van der Waals surface area contributed by atoms with Crippen molar-refractivity contribution in [3.63, 3.8) is 0 Å². The van der Waals surface area contributed by atoms with Crippen LogP contribution in [-0.2, 0) is 26.2 Å². The Morgan fingerprint density at radius 1 is 0.927 bits per heavy atom. The van der Waals surface area contributed by atoms with Crippen LogP contribution in [0.1, 0.15) is 50.2 Å². The zero-order valence-corrected chi connectivity index (χ0v) is 27.2. The van der Waals surface area contributed by atoms with Crippen LogP contribution < -0.4 is 9.62 Å². The van der Waals surface area contributed by atoms with E-state index in [9.17, 15) is 18.0 Å². The summed E-state index contributed by atoms with van der Waals surface area (Å²) in [6.07, 6.45) is 5.14. The fourth-order valence-electron chi connectivity index (χ4n) is 4.98. The van der Waals surface area contributed by atoms with Crippen molar-refractivity contribution in [2.24, 2.45) is 0 Å². The summed E-state index contributed by atoms with van der Waals surface area (Å²) in [7, 11) is -4.11. The third-order valence-corrected chi connectivity index (χ3v) is 10.1. The molecule has 0 heterocycles. The van der Waals surface area contributed by atoms with E-state index in [2.05, 4.69) is 37.2 Å². The number of amides is 2. The van der Waals surface area contributed by atoms with Crippen molar-refractivity contribution in [1.82, 2.24) is 10.2 Å². The molecule has 2 amide bonds. The van der Waals surface area contributed by atoms with Gasteiger partial charge in [-0.25, -0.2) is 8.42 Å². The molecule has 0 bridgehead atoms. The first-order valence-corrected chi connectivity index (χ1v) is 16.8. The Balaban J connectivity index is 1.68. The van der Waals surface area contributed by atoms with Crippen molar-refractivity contribution in [1.29, 1.82) is 0 Å². The Hall–Kier alpha value is -2.69. The molecular formula is C31H35Br2N3O4S. The highest BCUT2D eigenvalue weighted by Gasteiger charge is 2.33. The Labute approximate surface area is 259 Å². The molecule has 7 nitrogen and oxygen atoms in total. The van der Waals surface area contributed by atoms with Crippen molar-refractivity contribution < 1.29 is 18.0 Å². The zero-order chi connectivity index (χ0) is 29.6. The van der Waals surface area contributed by atoms with Crippen LogP contribution in [0.4, 0.5) is 5.69 Å². The summed E-state index contributed by atoms with van der Waals surface area (Å²) in [6.45, 7) is 3.26. The molecule has 0 radical (unpaired) electrons. The number of carbonyl (C=O) groups excluding carboxylic acids is 2. The van der Waals surface area contributed by atoms with E-state index >= 15 is 0 Å². The Morgan fingerprint density at radius 3 is 2.20 bits per heavy atom. The first-order valence-electron chi connectivity index (χ1n) is 13.7. The molecule has 1 atom stereocenters. The molecule has 1 saturated carbocycles. The number of rotatable bonds is 10. The second kappa shape index (κ2) is 14.0. The highest BCUT2D eigenvalue weighted by molar-refractivity contribution is 9.10. The number of sulfonamides is 1. The normalized spacial score (nSPS) is 14.7. The smallest absolute Gasteiger partial charge is 0.264 e. The van der Waals surface area contributed by atoms with Crippen LogP contribution in [-0.4, -0.2) is 43.8 Å². The van der Waals surface area contributed by atoms with Gasteiger partial charge in [0, 0.05) is 21.5 Å². The summed E-state index contributed by atoms with van der Waals surface area (Å²) in [4.78, 5) is 29.0. The number of carbonyl (C=O) groups is 2. The molecule has 0 aromatic heterocycles. The van der Waals surface area contributed by atoms with Crippen molar-refractivity contribution in [2.75, 3.05) is 10.8 Å². The Bertz CT molecular complexity index is 1470. The maximum Gasteiger partial charge on any atom is 0.264 e. The van der Waals surface area contributed by atoms with Crippen molar-refractivity contribution in [3.8, 4) is 0 Å². The van der Waals surface area contributed by atoms with E-state index in [0.29, 0.717) is 10.2 Å². The maximum absolute atomic E-state index is 14.1. The van der Waals surface area contributed by atoms with Gasteiger partial charge in [0.05, 0.1) is 10.6 Å². The molecule has 3 aromatic rings. The molecule has 218 valence electrons. The minimum Gasteiger partial charge on any atom is -0.352 e. The summed E-state index contributed by atoms with van der Waals surface area (Å²) in [5, 5.41) is 3.12. The van der Waals surface area contributed by atoms with Crippen molar-refractivity contribution in [2.45, 2.75) is 69.5 Å². The van der Waals surface area contributed by atoms with Gasteiger partial charge in [0.25, 0.3) is 10.0 Å². The first-order chi connectivity index (χ1) is 19.5. The molecule has 0 aliphatic heterocycles. The third-order valence-electron chi connectivity index (χ3n) is 7.34. The predicted molar refractivity (Wildman–Crippen MR) is 169 cm³/mol. The van der Waals surface area contributed by atoms with Gasteiger partial charge in [0.15, 0.2) is 0 Å². The standard InChI is InChI=1S/C31H35Br2N3O4S/c1-22-14-16-29(17-15-22)41(39,40)36(28-13-7-10-26(33)19-28)21-30(37)35(20-24-8-6-9-25(32)18-24)23(2)31(38)34-27-11-4-3-5-12-27/h6-10,13-19,23,27H,3-5,11-12,20-21H2,1-2H3,(H,34,38). The van der Waals surface area contributed by atoms with Crippen LogP contribution in [0.25, 0.3) is 0 Å². The van der Waals surface area contributed by atoms with E-state index < -0.39 is 28.5 Å². The van der Waals surface area contributed by atoms with Gasteiger partial charge >= 0.3 is 0 Å². The van der Waals surface area contributed by atoms with Gasteiger partial charge in [-0.1, -0.05) is 87.0 Å². The van der Waals surface area contributed by atoms with Crippen LogP contribution in [0.3, 0.4) is 0 Å². The zero-order valence-electron chi connectivity index (χ0n) is 23.2.